The van der Waals surface area contributed by atoms with Crippen LogP contribution in [0, 0.1) is 12.8 Å². The first-order valence-corrected chi connectivity index (χ1v) is 7.12. The van der Waals surface area contributed by atoms with Crippen molar-refractivity contribution in [2.75, 3.05) is 18.4 Å². The number of amides is 2. The Hall–Kier alpha value is -1.85. The predicted octanol–water partition coefficient (Wildman–Crippen LogP) is 1.96. The molecule has 1 aromatic rings. The second kappa shape index (κ2) is 6.54. The van der Waals surface area contributed by atoms with Gasteiger partial charge in [0.1, 0.15) is 5.76 Å². The highest BCUT2D eigenvalue weighted by Crippen LogP contribution is 2.28. The average molecular weight is 279 g/mol. The van der Waals surface area contributed by atoms with Crippen molar-refractivity contribution in [2.45, 2.75) is 39.5 Å². The quantitative estimate of drug-likeness (QED) is 0.863. The molecule has 6 nitrogen and oxygen atoms in total. The van der Waals surface area contributed by atoms with Crippen molar-refractivity contribution in [1.82, 2.24) is 10.1 Å². The van der Waals surface area contributed by atoms with Gasteiger partial charge in [0, 0.05) is 18.5 Å². The van der Waals surface area contributed by atoms with Crippen LogP contribution in [0.4, 0.5) is 5.82 Å². The number of hydrogen-bond donors (Lipinski definition) is 1. The molecule has 0 atom stereocenters. The maximum Gasteiger partial charge on any atom is 0.245 e. The van der Waals surface area contributed by atoms with E-state index < -0.39 is 0 Å². The topological polar surface area (TPSA) is 75.4 Å². The molecule has 6 heteroatoms. The van der Waals surface area contributed by atoms with Gasteiger partial charge < -0.3 is 14.7 Å². The smallest absolute Gasteiger partial charge is 0.245 e. The largest absolute Gasteiger partial charge is 0.360 e. The molecule has 110 valence electrons. The number of carbonyl (C=O) groups is 2. The third kappa shape index (κ3) is 3.59. The van der Waals surface area contributed by atoms with Gasteiger partial charge in [0.15, 0.2) is 5.82 Å². The average Bonchev–Trinajstić information content (AvgIpc) is 2.71. The summed E-state index contributed by atoms with van der Waals surface area (Å²) in [5.41, 5.74) is 0. The molecule has 20 heavy (non-hydrogen) atoms. The Kier molecular flexibility index (Phi) is 4.76. The fourth-order valence-electron chi connectivity index (χ4n) is 2.23. The summed E-state index contributed by atoms with van der Waals surface area (Å²) in [7, 11) is 0. The molecule has 1 aliphatic rings. The summed E-state index contributed by atoms with van der Waals surface area (Å²) in [6.07, 6.45) is 3.85. The standard InChI is InChI=1S/C14H21N3O3/c1-3-7-17(14(19)11-5-4-6-11)9-13(18)15-12-8-10(2)20-16-12/h8,11H,3-7,9H2,1-2H3,(H,15,16,18). The van der Waals surface area contributed by atoms with Gasteiger partial charge in [-0.1, -0.05) is 18.5 Å². The fourth-order valence-corrected chi connectivity index (χ4v) is 2.23. The van der Waals surface area contributed by atoms with Crippen LogP contribution in [0.1, 0.15) is 38.4 Å². The van der Waals surface area contributed by atoms with Crippen LogP contribution in [0.5, 0.6) is 0 Å². The molecule has 0 aromatic carbocycles. The lowest BCUT2D eigenvalue weighted by Crippen LogP contribution is -2.43. The van der Waals surface area contributed by atoms with E-state index in [4.69, 9.17) is 4.52 Å². The molecule has 0 spiro atoms. The number of hydrogen-bond acceptors (Lipinski definition) is 4. The highest BCUT2D eigenvalue weighted by atomic mass is 16.5. The first kappa shape index (κ1) is 14.6. The number of nitrogens with one attached hydrogen (secondary N) is 1. The molecular weight excluding hydrogens is 258 g/mol. The Bertz CT molecular complexity index is 480. The number of aromatic nitrogens is 1. The summed E-state index contributed by atoms with van der Waals surface area (Å²) in [5, 5.41) is 6.35. The van der Waals surface area contributed by atoms with E-state index in [1.807, 2.05) is 6.92 Å². The second-order valence-electron chi connectivity index (χ2n) is 5.26. The minimum atomic E-state index is -0.237. The normalized spacial score (nSPS) is 14.7. The molecule has 1 heterocycles. The van der Waals surface area contributed by atoms with Crippen molar-refractivity contribution in [3.8, 4) is 0 Å². The van der Waals surface area contributed by atoms with Crippen LogP contribution in [0.25, 0.3) is 0 Å². The molecule has 1 aromatic heterocycles. The van der Waals surface area contributed by atoms with Gasteiger partial charge in [0.2, 0.25) is 11.8 Å². The van der Waals surface area contributed by atoms with Crippen molar-refractivity contribution in [3.63, 3.8) is 0 Å². The second-order valence-corrected chi connectivity index (χ2v) is 5.26. The molecular formula is C14H21N3O3. The van der Waals surface area contributed by atoms with E-state index in [9.17, 15) is 9.59 Å². The van der Waals surface area contributed by atoms with E-state index in [1.165, 1.54) is 0 Å². The maximum atomic E-state index is 12.2. The zero-order valence-electron chi connectivity index (χ0n) is 12.0. The summed E-state index contributed by atoms with van der Waals surface area (Å²) in [6, 6.07) is 1.65. The van der Waals surface area contributed by atoms with Gasteiger partial charge in [-0.3, -0.25) is 9.59 Å². The van der Waals surface area contributed by atoms with Gasteiger partial charge in [0.25, 0.3) is 0 Å². The molecule has 0 unspecified atom stereocenters. The Morgan fingerprint density at radius 3 is 2.75 bits per heavy atom. The van der Waals surface area contributed by atoms with Crippen molar-refractivity contribution in [1.29, 1.82) is 0 Å². The summed E-state index contributed by atoms with van der Waals surface area (Å²) < 4.78 is 4.88. The molecule has 1 N–H and O–H groups in total. The highest BCUT2D eigenvalue weighted by Gasteiger charge is 2.30. The van der Waals surface area contributed by atoms with Crippen LogP contribution in [0.15, 0.2) is 10.6 Å². The fraction of sp³-hybridized carbons (Fsp3) is 0.643. The first-order chi connectivity index (χ1) is 9.60. The summed E-state index contributed by atoms with van der Waals surface area (Å²) in [6.45, 7) is 4.45. The molecule has 1 saturated carbocycles. The Morgan fingerprint density at radius 2 is 2.25 bits per heavy atom. The van der Waals surface area contributed by atoms with E-state index >= 15 is 0 Å². The molecule has 0 saturated heterocycles. The van der Waals surface area contributed by atoms with Crippen LogP contribution >= 0.6 is 0 Å². The zero-order valence-corrected chi connectivity index (χ0v) is 12.0. The monoisotopic (exact) mass is 279 g/mol. The molecule has 2 amide bonds. The van der Waals surface area contributed by atoms with E-state index in [2.05, 4.69) is 10.5 Å². The van der Waals surface area contributed by atoms with Crippen molar-refractivity contribution >= 4 is 17.6 Å². The van der Waals surface area contributed by atoms with Gasteiger partial charge >= 0.3 is 0 Å². The van der Waals surface area contributed by atoms with Crippen LogP contribution in [-0.4, -0.2) is 35.0 Å². The summed E-state index contributed by atoms with van der Waals surface area (Å²) in [4.78, 5) is 25.8. The number of anilines is 1. The minimum Gasteiger partial charge on any atom is -0.360 e. The summed E-state index contributed by atoms with van der Waals surface area (Å²) in [5.74, 6) is 1.00. The maximum absolute atomic E-state index is 12.2. The Balaban J connectivity index is 1.89. The molecule has 1 fully saturated rings. The number of rotatable bonds is 6. The van der Waals surface area contributed by atoms with Crippen molar-refractivity contribution in [2.24, 2.45) is 5.92 Å². The third-order valence-electron chi connectivity index (χ3n) is 3.49. The number of carbonyl (C=O) groups excluding carboxylic acids is 2. The van der Waals surface area contributed by atoms with Gasteiger partial charge in [-0.2, -0.15) is 0 Å². The lowest BCUT2D eigenvalue weighted by atomic mass is 9.84. The lowest BCUT2D eigenvalue weighted by molar-refractivity contribution is -0.140. The van der Waals surface area contributed by atoms with E-state index in [0.717, 1.165) is 25.7 Å². The van der Waals surface area contributed by atoms with Crippen LogP contribution in [-0.2, 0) is 9.59 Å². The molecule has 0 bridgehead atoms. The van der Waals surface area contributed by atoms with Crippen molar-refractivity contribution < 1.29 is 14.1 Å². The molecule has 2 rings (SSSR count). The van der Waals surface area contributed by atoms with E-state index in [0.29, 0.717) is 18.1 Å². The van der Waals surface area contributed by atoms with Gasteiger partial charge in [-0.25, -0.2) is 0 Å². The van der Waals surface area contributed by atoms with Crippen molar-refractivity contribution in [3.05, 3.63) is 11.8 Å². The summed E-state index contributed by atoms with van der Waals surface area (Å²) >= 11 is 0. The SMILES string of the molecule is CCCN(CC(=O)Nc1cc(C)on1)C(=O)C1CCC1. The molecule has 0 radical (unpaired) electrons. The predicted molar refractivity (Wildman–Crippen MR) is 74.1 cm³/mol. The minimum absolute atomic E-state index is 0.0785. The van der Waals surface area contributed by atoms with Gasteiger partial charge in [-0.15, -0.1) is 0 Å². The Labute approximate surface area is 118 Å². The van der Waals surface area contributed by atoms with Crippen LogP contribution in [0.3, 0.4) is 0 Å². The van der Waals surface area contributed by atoms with Gasteiger partial charge in [-0.05, 0) is 26.2 Å². The lowest BCUT2D eigenvalue weighted by Gasteiger charge is -2.31. The first-order valence-electron chi connectivity index (χ1n) is 7.12. The number of nitrogens with zero attached hydrogens (tertiary/aromatic N) is 2. The molecule has 0 aliphatic heterocycles. The third-order valence-corrected chi connectivity index (χ3v) is 3.49. The number of aryl methyl sites for hydroxylation is 1. The Morgan fingerprint density at radius 1 is 1.50 bits per heavy atom. The van der Waals surface area contributed by atoms with Gasteiger partial charge in [0.05, 0.1) is 6.54 Å². The molecule has 1 aliphatic carbocycles. The zero-order chi connectivity index (χ0) is 14.5. The van der Waals surface area contributed by atoms with Crippen LogP contribution in [0.2, 0.25) is 0 Å². The van der Waals surface area contributed by atoms with Crippen LogP contribution < -0.4 is 5.32 Å². The van der Waals surface area contributed by atoms with E-state index in [-0.39, 0.29) is 24.3 Å². The van der Waals surface area contributed by atoms with E-state index in [1.54, 1.807) is 17.9 Å². The highest BCUT2D eigenvalue weighted by molar-refractivity contribution is 5.94.